The maximum Gasteiger partial charge on any atom is 0.232 e. The van der Waals surface area contributed by atoms with Crippen LogP contribution in [0.2, 0.25) is 10.0 Å². The van der Waals surface area contributed by atoms with Gasteiger partial charge in [0.15, 0.2) is 0 Å². The van der Waals surface area contributed by atoms with Crippen molar-refractivity contribution in [2.45, 2.75) is 0 Å². The monoisotopic (exact) mass is 353 g/mol. The zero-order chi connectivity index (χ0) is 16.1. The van der Waals surface area contributed by atoms with Crippen molar-refractivity contribution in [1.29, 1.82) is 0 Å². The van der Waals surface area contributed by atoms with E-state index in [9.17, 15) is 0 Å². The summed E-state index contributed by atoms with van der Waals surface area (Å²) in [7, 11) is 0. The van der Waals surface area contributed by atoms with Crippen LogP contribution in [0.25, 0.3) is 11.3 Å². The molecule has 1 aliphatic rings. The van der Waals surface area contributed by atoms with Crippen molar-refractivity contribution in [2.75, 3.05) is 39.5 Å². The number of halogens is 2. The molecular weight excluding hydrogens is 337 g/mol. The molecule has 0 aliphatic carbocycles. The third-order valence-corrected chi connectivity index (χ3v) is 4.33. The van der Waals surface area contributed by atoms with Crippen LogP contribution >= 0.6 is 23.2 Å². The van der Waals surface area contributed by atoms with E-state index in [0.717, 1.165) is 38.4 Å². The van der Waals surface area contributed by atoms with E-state index in [1.165, 1.54) is 0 Å². The predicted molar refractivity (Wildman–Crippen MR) is 90.2 cm³/mol. The van der Waals surface area contributed by atoms with Crippen LogP contribution in [0.5, 0.6) is 5.88 Å². The second kappa shape index (κ2) is 7.93. The number of rotatable bonds is 5. The lowest BCUT2D eigenvalue weighted by atomic mass is 10.2. The Labute approximate surface area is 145 Å². The van der Waals surface area contributed by atoms with Crippen LogP contribution in [-0.2, 0) is 4.74 Å². The van der Waals surface area contributed by atoms with Gasteiger partial charge in [-0.15, -0.1) is 0 Å². The van der Waals surface area contributed by atoms with Gasteiger partial charge in [-0.1, -0.05) is 29.3 Å². The number of aromatic nitrogens is 2. The van der Waals surface area contributed by atoms with Gasteiger partial charge in [-0.3, -0.25) is 9.88 Å². The predicted octanol–water partition coefficient (Wildman–Crippen LogP) is 3.16. The first-order valence-corrected chi connectivity index (χ1v) is 8.18. The van der Waals surface area contributed by atoms with Crippen LogP contribution in [0.1, 0.15) is 0 Å². The van der Waals surface area contributed by atoms with Crippen molar-refractivity contribution in [2.24, 2.45) is 0 Å². The second-order valence-electron chi connectivity index (χ2n) is 5.17. The van der Waals surface area contributed by atoms with E-state index in [-0.39, 0.29) is 0 Å². The molecule has 1 saturated heterocycles. The van der Waals surface area contributed by atoms with Gasteiger partial charge in [-0.25, -0.2) is 4.98 Å². The van der Waals surface area contributed by atoms with E-state index in [0.29, 0.717) is 28.2 Å². The van der Waals surface area contributed by atoms with Crippen LogP contribution < -0.4 is 4.74 Å². The van der Waals surface area contributed by atoms with Crippen molar-refractivity contribution in [3.8, 4) is 17.1 Å². The number of benzene rings is 1. The van der Waals surface area contributed by atoms with Crippen molar-refractivity contribution in [3.63, 3.8) is 0 Å². The molecule has 0 bridgehead atoms. The van der Waals surface area contributed by atoms with E-state index in [1.54, 1.807) is 24.5 Å². The maximum absolute atomic E-state index is 6.05. The number of hydrogen-bond donors (Lipinski definition) is 0. The summed E-state index contributed by atoms with van der Waals surface area (Å²) in [6.07, 6.45) is 3.29. The maximum atomic E-state index is 6.05. The van der Waals surface area contributed by atoms with Crippen LogP contribution in [0.15, 0.2) is 30.6 Å². The largest absolute Gasteiger partial charge is 0.475 e. The van der Waals surface area contributed by atoms with Gasteiger partial charge in [-0.2, -0.15) is 0 Å². The quantitative estimate of drug-likeness (QED) is 0.826. The lowest BCUT2D eigenvalue weighted by Gasteiger charge is -2.26. The Kier molecular flexibility index (Phi) is 5.67. The summed E-state index contributed by atoms with van der Waals surface area (Å²) in [6, 6.07) is 5.37. The summed E-state index contributed by atoms with van der Waals surface area (Å²) in [5.41, 5.74) is 1.55. The highest BCUT2D eigenvalue weighted by Crippen LogP contribution is 2.27. The summed E-state index contributed by atoms with van der Waals surface area (Å²) in [4.78, 5) is 11.0. The van der Waals surface area contributed by atoms with Gasteiger partial charge in [-0.05, 0) is 12.1 Å². The minimum Gasteiger partial charge on any atom is -0.475 e. The fourth-order valence-corrected chi connectivity index (χ4v) is 2.61. The molecule has 0 saturated carbocycles. The molecule has 7 heteroatoms. The lowest BCUT2D eigenvalue weighted by molar-refractivity contribution is 0.0320. The van der Waals surface area contributed by atoms with E-state index in [1.807, 2.05) is 6.07 Å². The number of morpholine rings is 1. The third kappa shape index (κ3) is 4.54. The first-order valence-electron chi connectivity index (χ1n) is 7.43. The van der Waals surface area contributed by atoms with Gasteiger partial charge in [0, 0.05) is 25.2 Å². The Bertz CT molecular complexity index is 664. The highest BCUT2D eigenvalue weighted by atomic mass is 35.5. The van der Waals surface area contributed by atoms with Crippen molar-refractivity contribution in [1.82, 2.24) is 14.9 Å². The lowest BCUT2D eigenvalue weighted by Crippen LogP contribution is -2.38. The molecular formula is C16H17Cl2N3O2. The Balaban J connectivity index is 1.61. The van der Waals surface area contributed by atoms with Crippen LogP contribution in [-0.4, -0.2) is 54.3 Å². The fraction of sp³-hybridized carbons (Fsp3) is 0.375. The average molecular weight is 354 g/mol. The second-order valence-corrected chi connectivity index (χ2v) is 5.99. The van der Waals surface area contributed by atoms with E-state index in [2.05, 4.69) is 14.9 Å². The summed E-state index contributed by atoms with van der Waals surface area (Å²) in [5.74, 6) is 0.502. The molecule has 2 heterocycles. The molecule has 23 heavy (non-hydrogen) atoms. The molecule has 0 atom stereocenters. The first kappa shape index (κ1) is 16.5. The van der Waals surface area contributed by atoms with E-state index >= 15 is 0 Å². The molecule has 5 nitrogen and oxygen atoms in total. The molecule has 1 aromatic carbocycles. The number of ether oxygens (including phenoxy) is 2. The van der Waals surface area contributed by atoms with Crippen LogP contribution in [0, 0.1) is 0 Å². The topological polar surface area (TPSA) is 47.5 Å². The van der Waals surface area contributed by atoms with Gasteiger partial charge in [0.1, 0.15) is 6.61 Å². The smallest absolute Gasteiger partial charge is 0.232 e. The highest BCUT2D eigenvalue weighted by molar-refractivity contribution is 6.42. The van der Waals surface area contributed by atoms with E-state index < -0.39 is 0 Å². The molecule has 1 aromatic heterocycles. The van der Waals surface area contributed by atoms with Crippen molar-refractivity contribution >= 4 is 23.2 Å². The Hall–Kier alpha value is -1.40. The minimum absolute atomic E-state index is 0.490. The summed E-state index contributed by atoms with van der Waals surface area (Å²) in [5, 5.41) is 1.01. The first-order chi connectivity index (χ1) is 11.2. The van der Waals surface area contributed by atoms with Gasteiger partial charge in [0.05, 0.1) is 41.3 Å². The molecule has 3 rings (SSSR count). The van der Waals surface area contributed by atoms with Gasteiger partial charge in [0.25, 0.3) is 0 Å². The Morgan fingerprint density at radius 1 is 1.13 bits per heavy atom. The third-order valence-electron chi connectivity index (χ3n) is 3.59. The summed E-state index contributed by atoms with van der Waals surface area (Å²) >= 11 is 12.0. The normalized spacial score (nSPS) is 15.6. The zero-order valence-corrected chi connectivity index (χ0v) is 14.1. The molecule has 1 fully saturated rings. The van der Waals surface area contributed by atoms with Crippen LogP contribution in [0.3, 0.4) is 0 Å². The molecule has 0 N–H and O–H groups in total. The molecule has 122 valence electrons. The van der Waals surface area contributed by atoms with Crippen molar-refractivity contribution in [3.05, 3.63) is 40.6 Å². The molecule has 0 spiro atoms. The van der Waals surface area contributed by atoms with Gasteiger partial charge < -0.3 is 9.47 Å². The molecule has 1 aliphatic heterocycles. The molecule has 0 amide bonds. The Morgan fingerprint density at radius 3 is 2.74 bits per heavy atom. The summed E-state index contributed by atoms with van der Waals surface area (Å²) < 4.78 is 11.0. The molecule has 0 unspecified atom stereocenters. The minimum atomic E-state index is 0.490. The van der Waals surface area contributed by atoms with Crippen LogP contribution in [0.4, 0.5) is 0 Å². The standard InChI is InChI=1S/C16H17Cl2N3O2/c17-13-2-1-12(9-14(13)18)15-10-19-11-16(20-15)23-8-5-21-3-6-22-7-4-21/h1-2,9-11H,3-8H2. The van der Waals surface area contributed by atoms with Gasteiger partial charge in [0.2, 0.25) is 5.88 Å². The fourth-order valence-electron chi connectivity index (χ4n) is 2.32. The van der Waals surface area contributed by atoms with E-state index in [4.69, 9.17) is 32.7 Å². The number of nitrogens with zero attached hydrogens (tertiary/aromatic N) is 3. The molecule has 0 radical (unpaired) electrons. The zero-order valence-electron chi connectivity index (χ0n) is 12.5. The summed E-state index contributed by atoms with van der Waals surface area (Å²) in [6.45, 7) is 4.87. The Morgan fingerprint density at radius 2 is 1.96 bits per heavy atom. The molecule has 2 aromatic rings. The SMILES string of the molecule is Clc1ccc(-c2cncc(OCCN3CCOCC3)n2)cc1Cl. The van der Waals surface area contributed by atoms with Crippen molar-refractivity contribution < 1.29 is 9.47 Å². The van der Waals surface area contributed by atoms with Gasteiger partial charge >= 0.3 is 0 Å². The number of hydrogen-bond acceptors (Lipinski definition) is 5. The average Bonchev–Trinajstić information content (AvgIpc) is 2.59. The highest BCUT2D eigenvalue weighted by Gasteiger charge is 2.10.